The second-order valence-corrected chi connectivity index (χ2v) is 10.3. The lowest BCUT2D eigenvalue weighted by atomic mass is 9.52. The predicted octanol–water partition coefficient (Wildman–Crippen LogP) is 4.36. The highest BCUT2D eigenvalue weighted by atomic mass is 19.1. The lowest BCUT2D eigenvalue weighted by Crippen LogP contribution is -2.52. The van der Waals surface area contributed by atoms with Crippen molar-refractivity contribution in [1.29, 1.82) is 5.26 Å². The maximum Gasteiger partial charge on any atom is 0.225 e. The number of benzene rings is 1. The van der Waals surface area contributed by atoms with Crippen molar-refractivity contribution in [2.75, 3.05) is 0 Å². The van der Waals surface area contributed by atoms with Crippen LogP contribution < -0.4 is 4.73 Å². The lowest BCUT2D eigenvalue weighted by Gasteiger charge is -2.53. The first-order valence-electron chi connectivity index (χ1n) is 11.4. The Hall–Kier alpha value is -2.45. The van der Waals surface area contributed by atoms with Crippen molar-refractivity contribution >= 4 is 0 Å². The molecular weight excluding hydrogens is 391 g/mol. The van der Waals surface area contributed by atoms with E-state index in [1.54, 1.807) is 18.5 Å². The molecule has 0 bridgehead atoms. The minimum absolute atomic E-state index is 0.149. The summed E-state index contributed by atoms with van der Waals surface area (Å²) in [6.45, 7) is 4.24. The zero-order chi connectivity index (χ0) is 22.0. The van der Waals surface area contributed by atoms with Gasteiger partial charge in [-0.3, -0.25) is 5.21 Å². The van der Waals surface area contributed by atoms with Crippen LogP contribution in [0.15, 0.2) is 30.6 Å². The van der Waals surface area contributed by atoms with Crippen LogP contribution in [0.25, 0.3) is 0 Å². The van der Waals surface area contributed by atoms with E-state index in [0.29, 0.717) is 30.6 Å². The molecule has 4 nitrogen and oxygen atoms in total. The van der Waals surface area contributed by atoms with E-state index in [1.165, 1.54) is 0 Å². The number of hydrogen-bond acceptors (Lipinski definition) is 3. The summed E-state index contributed by atoms with van der Waals surface area (Å²) in [7, 11) is 0. The molecule has 0 radical (unpaired) electrons. The highest BCUT2D eigenvalue weighted by molar-refractivity contribution is 5.44. The van der Waals surface area contributed by atoms with Crippen LogP contribution in [0.3, 0.4) is 0 Å². The number of aliphatic hydroxyl groups is 1. The smallest absolute Gasteiger partial charge is 0.225 e. The molecule has 1 aromatic heterocycles. The monoisotopic (exact) mass is 421 g/mol. The molecule has 3 aliphatic rings. The highest BCUT2D eigenvalue weighted by Gasteiger charge is 2.61. The van der Waals surface area contributed by atoms with Crippen LogP contribution in [-0.4, -0.2) is 15.9 Å². The lowest BCUT2D eigenvalue weighted by molar-refractivity contribution is -0.905. The van der Waals surface area contributed by atoms with Gasteiger partial charge in [0.1, 0.15) is 11.9 Å². The Morgan fingerprint density at radius 3 is 2.77 bits per heavy atom. The fourth-order valence-corrected chi connectivity index (χ4v) is 7.25. The molecule has 5 heteroatoms. The number of pyridine rings is 1. The van der Waals surface area contributed by atoms with Crippen molar-refractivity contribution in [3.05, 3.63) is 64.2 Å². The number of rotatable bonds is 2. The van der Waals surface area contributed by atoms with Gasteiger partial charge in [0, 0.05) is 22.8 Å². The molecule has 1 heterocycles. The minimum atomic E-state index is -0.773. The maximum absolute atomic E-state index is 14.8. The molecule has 2 fully saturated rings. The van der Waals surface area contributed by atoms with E-state index in [2.05, 4.69) is 6.92 Å². The Morgan fingerprint density at radius 2 is 2.03 bits per heavy atom. The summed E-state index contributed by atoms with van der Waals surface area (Å²) in [6.07, 6.45) is 9.15. The van der Waals surface area contributed by atoms with Crippen molar-refractivity contribution in [2.24, 2.45) is 17.3 Å². The van der Waals surface area contributed by atoms with Crippen LogP contribution in [0, 0.1) is 41.3 Å². The van der Waals surface area contributed by atoms with E-state index in [-0.39, 0.29) is 16.8 Å². The second-order valence-electron chi connectivity index (χ2n) is 10.3. The van der Waals surface area contributed by atoms with Crippen molar-refractivity contribution < 1.29 is 19.4 Å². The van der Waals surface area contributed by atoms with Crippen molar-refractivity contribution in [2.45, 2.75) is 70.3 Å². The van der Waals surface area contributed by atoms with Gasteiger partial charge >= 0.3 is 0 Å². The van der Waals surface area contributed by atoms with E-state index >= 15 is 0 Å². The fraction of sp³-hybridized carbons (Fsp3) is 0.538. The molecule has 1 aromatic carbocycles. The summed E-state index contributed by atoms with van der Waals surface area (Å²) in [6, 6.07) is 7.50. The molecular formula is C26H30FN2O2+. The van der Waals surface area contributed by atoms with Gasteiger partial charge < -0.3 is 5.11 Å². The van der Waals surface area contributed by atoms with Crippen LogP contribution in [0.1, 0.15) is 72.8 Å². The highest BCUT2D eigenvalue weighted by Crippen LogP contribution is 2.65. The van der Waals surface area contributed by atoms with Gasteiger partial charge in [-0.15, -0.1) is 0 Å². The molecule has 162 valence electrons. The van der Waals surface area contributed by atoms with Crippen molar-refractivity contribution in [1.82, 2.24) is 0 Å². The Bertz CT molecular complexity index is 1090. The predicted molar refractivity (Wildman–Crippen MR) is 113 cm³/mol. The van der Waals surface area contributed by atoms with Crippen LogP contribution >= 0.6 is 0 Å². The largest absolute Gasteiger partial charge is 0.389 e. The molecule has 5 atom stereocenters. The molecule has 5 rings (SSSR count). The van der Waals surface area contributed by atoms with Crippen molar-refractivity contribution in [3.63, 3.8) is 0 Å². The number of aryl methyl sites for hydroxylation is 1. The van der Waals surface area contributed by atoms with E-state index in [1.807, 2.05) is 25.1 Å². The molecule has 0 saturated heterocycles. The summed E-state index contributed by atoms with van der Waals surface area (Å²) < 4.78 is 15.9. The molecule has 3 aliphatic carbocycles. The van der Waals surface area contributed by atoms with E-state index in [9.17, 15) is 20.0 Å². The van der Waals surface area contributed by atoms with Gasteiger partial charge in [0.15, 0.2) is 0 Å². The molecule has 0 aliphatic heterocycles. The topological polar surface area (TPSA) is 68.1 Å². The molecule has 3 unspecified atom stereocenters. The Morgan fingerprint density at radius 1 is 1.23 bits per heavy atom. The van der Waals surface area contributed by atoms with Gasteiger partial charge in [0.2, 0.25) is 12.4 Å². The number of aromatic nitrogens is 1. The average Bonchev–Trinajstić information content (AvgIpc) is 3.01. The Balaban J connectivity index is 1.46. The molecule has 2 aromatic rings. The minimum Gasteiger partial charge on any atom is -0.389 e. The summed E-state index contributed by atoms with van der Waals surface area (Å²) in [5, 5.41) is 30.8. The van der Waals surface area contributed by atoms with E-state index in [0.717, 1.165) is 59.1 Å². The first kappa shape index (κ1) is 20.5. The maximum atomic E-state index is 14.8. The third-order valence-corrected chi connectivity index (χ3v) is 9.03. The van der Waals surface area contributed by atoms with Crippen LogP contribution in [-0.2, 0) is 12.8 Å². The molecule has 0 amide bonds. The number of nitrogens with zero attached hydrogens (tertiary/aromatic N) is 2. The van der Waals surface area contributed by atoms with Gasteiger partial charge in [-0.25, -0.2) is 4.39 Å². The SMILES string of the molecule is Cc1c[n+](O)ccc1C[C@]1(O)CCC2C3CCc4c(ccc(C#N)c4F)C3CC[C@@]21C. The molecule has 2 N–H and O–H groups in total. The van der Waals surface area contributed by atoms with Crippen LogP contribution in [0.5, 0.6) is 0 Å². The van der Waals surface area contributed by atoms with Gasteiger partial charge in [-0.05, 0) is 91.4 Å². The Labute approximate surface area is 182 Å². The molecule has 0 spiro atoms. The number of hydrogen-bond donors (Lipinski definition) is 2. The summed E-state index contributed by atoms with van der Waals surface area (Å²) in [5.41, 5.74) is 3.10. The first-order valence-corrected chi connectivity index (χ1v) is 11.4. The third-order valence-electron chi connectivity index (χ3n) is 9.03. The van der Waals surface area contributed by atoms with Gasteiger partial charge in [0.05, 0.1) is 11.2 Å². The number of halogens is 1. The van der Waals surface area contributed by atoms with Crippen molar-refractivity contribution in [3.8, 4) is 6.07 Å². The average molecular weight is 422 g/mol. The third kappa shape index (κ3) is 2.91. The van der Waals surface area contributed by atoms with E-state index < -0.39 is 5.60 Å². The first-order chi connectivity index (χ1) is 14.8. The standard InChI is InChI=1S/C26H30FN2O2/c1-16-15-29(31)12-9-17(16)13-26(30)11-8-23-21-5-6-22-19(4-3-18(14-28)24(22)27)20(21)7-10-25(23,26)2/h3-4,9,12,15,20-21,23,30-31H,5-8,10-11,13H2,1-2H3/q+1/t20?,21?,23?,25-,26+/m0/s1. The van der Waals surface area contributed by atoms with Crippen LogP contribution in [0.2, 0.25) is 0 Å². The zero-order valence-electron chi connectivity index (χ0n) is 18.2. The normalized spacial score (nSPS) is 33.8. The van der Waals surface area contributed by atoms with Gasteiger partial charge in [-0.2, -0.15) is 5.26 Å². The summed E-state index contributed by atoms with van der Waals surface area (Å²) >= 11 is 0. The number of fused-ring (bicyclic) bond motifs is 5. The summed E-state index contributed by atoms with van der Waals surface area (Å²) in [5.74, 6) is 0.854. The fourth-order valence-electron chi connectivity index (χ4n) is 7.25. The molecule has 2 saturated carbocycles. The number of nitriles is 1. The van der Waals surface area contributed by atoms with Gasteiger partial charge in [0.25, 0.3) is 0 Å². The van der Waals surface area contributed by atoms with E-state index in [4.69, 9.17) is 0 Å². The Kier molecular flexibility index (Phi) is 4.64. The zero-order valence-corrected chi connectivity index (χ0v) is 18.2. The van der Waals surface area contributed by atoms with Crippen LogP contribution in [0.4, 0.5) is 4.39 Å². The second kappa shape index (κ2) is 7.03. The quantitative estimate of drug-likeness (QED) is 0.559. The summed E-state index contributed by atoms with van der Waals surface area (Å²) in [4.78, 5) is 0. The molecule has 31 heavy (non-hydrogen) atoms. The van der Waals surface area contributed by atoms with Gasteiger partial charge in [-0.1, -0.05) is 13.0 Å².